The number of carbonyl (C=O) groups excluding carboxylic acids is 2. The highest BCUT2D eigenvalue weighted by molar-refractivity contribution is 8.01. The first-order valence-corrected chi connectivity index (χ1v) is 6.28. The van der Waals surface area contributed by atoms with Crippen LogP contribution in [0.15, 0.2) is 4.34 Å². The zero-order valence-corrected chi connectivity index (χ0v) is 10.5. The molecule has 0 aliphatic carbocycles. The Kier molecular flexibility index (Phi) is 4.90. The first-order valence-electron chi connectivity index (χ1n) is 4.48. The molecular weight excluding hydrogens is 293 g/mol. The van der Waals surface area contributed by atoms with Crippen LogP contribution in [0, 0.1) is 0 Å². The van der Waals surface area contributed by atoms with Crippen molar-refractivity contribution in [2.45, 2.75) is 17.4 Å². The van der Waals surface area contributed by atoms with Gasteiger partial charge in [-0.1, -0.05) is 30.0 Å². The number of anilines is 1. The number of hydrogen-bond donors (Lipinski definition) is 2. The van der Waals surface area contributed by atoms with Gasteiger partial charge in [-0.25, -0.2) is 4.79 Å². The second-order valence-electron chi connectivity index (χ2n) is 2.71. The molecule has 0 atom stereocenters. The Morgan fingerprint density at radius 3 is 2.61 bits per heavy atom. The summed E-state index contributed by atoms with van der Waals surface area (Å²) in [7, 11) is 0. The second-order valence-corrected chi connectivity index (χ2v) is 5.20. The van der Waals surface area contributed by atoms with E-state index in [0.717, 1.165) is 22.4 Å². The van der Waals surface area contributed by atoms with Gasteiger partial charge in [0, 0.05) is 0 Å². The molecule has 0 saturated carbocycles. The molecule has 0 aliphatic rings. The van der Waals surface area contributed by atoms with E-state index < -0.39 is 18.1 Å². The molecule has 0 aromatic carbocycles. The van der Waals surface area contributed by atoms with Gasteiger partial charge in [-0.15, -0.1) is 10.2 Å². The molecule has 0 unspecified atom stereocenters. The fourth-order valence-electron chi connectivity index (χ4n) is 0.744. The second kappa shape index (κ2) is 6.00. The number of hydrogen-bond acceptors (Lipinski definition) is 6. The predicted molar refractivity (Wildman–Crippen MR) is 59.5 cm³/mol. The molecule has 0 saturated heterocycles. The summed E-state index contributed by atoms with van der Waals surface area (Å²) in [5.41, 5.74) is 0. The molecule has 1 aromatic heterocycles. The molecule has 1 aromatic rings. The standard InChI is InChI=1S/C7H7F3N4O2S2/c1-2-17-6-14-13-5(18-6)12-4(16)11-3(15)7(8,9)10/h2H2,1H3,(H2,11,12,13,15,16). The minimum Gasteiger partial charge on any atom is -0.282 e. The van der Waals surface area contributed by atoms with Crippen LogP contribution in [0.1, 0.15) is 6.92 Å². The number of rotatable bonds is 3. The summed E-state index contributed by atoms with van der Waals surface area (Å²) in [5.74, 6) is -1.60. The summed E-state index contributed by atoms with van der Waals surface area (Å²) in [6.07, 6.45) is -5.11. The van der Waals surface area contributed by atoms with Gasteiger partial charge in [-0.3, -0.25) is 15.4 Å². The third-order valence-electron chi connectivity index (χ3n) is 1.38. The van der Waals surface area contributed by atoms with Crippen molar-refractivity contribution in [3.63, 3.8) is 0 Å². The van der Waals surface area contributed by atoms with Gasteiger partial charge in [0.15, 0.2) is 4.34 Å². The number of nitrogens with one attached hydrogen (secondary N) is 2. The maximum absolute atomic E-state index is 11.8. The monoisotopic (exact) mass is 300 g/mol. The molecular formula is C7H7F3N4O2S2. The Morgan fingerprint density at radius 1 is 1.39 bits per heavy atom. The van der Waals surface area contributed by atoms with E-state index >= 15 is 0 Å². The lowest BCUT2D eigenvalue weighted by atomic mass is 10.6. The third kappa shape index (κ3) is 4.49. The predicted octanol–water partition coefficient (Wildman–Crippen LogP) is 1.86. The van der Waals surface area contributed by atoms with E-state index in [1.807, 2.05) is 12.2 Å². The smallest absolute Gasteiger partial charge is 0.282 e. The van der Waals surface area contributed by atoms with Gasteiger partial charge < -0.3 is 0 Å². The van der Waals surface area contributed by atoms with E-state index in [1.54, 1.807) is 0 Å². The number of amides is 3. The average molecular weight is 300 g/mol. The maximum atomic E-state index is 11.8. The van der Waals surface area contributed by atoms with Gasteiger partial charge in [-0.2, -0.15) is 13.2 Å². The zero-order valence-electron chi connectivity index (χ0n) is 8.87. The van der Waals surface area contributed by atoms with Crippen molar-refractivity contribution in [2.24, 2.45) is 0 Å². The van der Waals surface area contributed by atoms with Gasteiger partial charge >= 0.3 is 18.1 Å². The van der Waals surface area contributed by atoms with Crippen LogP contribution in [0.5, 0.6) is 0 Å². The average Bonchev–Trinajstić information content (AvgIpc) is 2.64. The number of halogens is 3. The van der Waals surface area contributed by atoms with Crippen molar-refractivity contribution in [3.05, 3.63) is 0 Å². The van der Waals surface area contributed by atoms with E-state index in [0.29, 0.717) is 4.34 Å². The molecule has 0 fully saturated rings. The van der Waals surface area contributed by atoms with Gasteiger partial charge in [0.2, 0.25) is 5.13 Å². The van der Waals surface area contributed by atoms with Crippen LogP contribution in [0.2, 0.25) is 0 Å². The van der Waals surface area contributed by atoms with Crippen molar-refractivity contribution < 1.29 is 22.8 Å². The molecule has 0 bridgehead atoms. The number of urea groups is 1. The Morgan fingerprint density at radius 2 is 2.06 bits per heavy atom. The molecule has 100 valence electrons. The number of carbonyl (C=O) groups is 2. The molecule has 3 amide bonds. The van der Waals surface area contributed by atoms with Crippen molar-refractivity contribution in [1.29, 1.82) is 0 Å². The van der Waals surface area contributed by atoms with Crippen LogP contribution in [-0.2, 0) is 4.79 Å². The van der Waals surface area contributed by atoms with Crippen LogP contribution in [0.4, 0.5) is 23.1 Å². The lowest BCUT2D eigenvalue weighted by molar-refractivity contribution is -0.172. The van der Waals surface area contributed by atoms with Crippen LogP contribution in [-0.4, -0.2) is 34.1 Å². The third-order valence-corrected chi connectivity index (χ3v) is 3.23. The zero-order chi connectivity index (χ0) is 13.8. The van der Waals surface area contributed by atoms with Crippen LogP contribution < -0.4 is 10.6 Å². The van der Waals surface area contributed by atoms with Gasteiger partial charge in [-0.05, 0) is 5.75 Å². The largest absolute Gasteiger partial charge is 0.471 e. The molecule has 11 heteroatoms. The summed E-state index contributed by atoms with van der Waals surface area (Å²) in [6, 6.07) is -1.30. The lowest BCUT2D eigenvalue weighted by Gasteiger charge is -2.06. The van der Waals surface area contributed by atoms with Gasteiger partial charge in [0.25, 0.3) is 0 Å². The quantitative estimate of drug-likeness (QED) is 0.657. The maximum Gasteiger partial charge on any atom is 0.471 e. The van der Waals surface area contributed by atoms with E-state index in [2.05, 4.69) is 10.2 Å². The van der Waals surface area contributed by atoms with Gasteiger partial charge in [0.05, 0.1) is 0 Å². The molecule has 2 N–H and O–H groups in total. The molecule has 0 spiro atoms. The summed E-state index contributed by atoms with van der Waals surface area (Å²) >= 11 is 2.36. The molecule has 0 aliphatic heterocycles. The van der Waals surface area contributed by atoms with Crippen molar-refractivity contribution in [1.82, 2.24) is 15.5 Å². The summed E-state index contributed by atoms with van der Waals surface area (Å²) in [6.45, 7) is 1.88. The lowest BCUT2D eigenvalue weighted by Crippen LogP contribution is -2.42. The van der Waals surface area contributed by atoms with E-state index in [4.69, 9.17) is 0 Å². The highest BCUT2D eigenvalue weighted by Gasteiger charge is 2.39. The summed E-state index contributed by atoms with van der Waals surface area (Å²) in [5, 5.41) is 10.3. The summed E-state index contributed by atoms with van der Waals surface area (Å²) < 4.78 is 36.1. The Labute approximate surface area is 107 Å². The van der Waals surface area contributed by atoms with Gasteiger partial charge in [0.1, 0.15) is 0 Å². The number of alkyl halides is 3. The Hall–Kier alpha value is -1.36. The minimum atomic E-state index is -5.11. The molecule has 1 rings (SSSR count). The van der Waals surface area contributed by atoms with Crippen molar-refractivity contribution in [2.75, 3.05) is 11.1 Å². The van der Waals surface area contributed by atoms with Crippen LogP contribution in [0.25, 0.3) is 0 Å². The van der Waals surface area contributed by atoms with Crippen molar-refractivity contribution in [3.8, 4) is 0 Å². The van der Waals surface area contributed by atoms with E-state index in [1.165, 1.54) is 11.8 Å². The number of nitrogens with zero attached hydrogens (tertiary/aromatic N) is 2. The fraction of sp³-hybridized carbons (Fsp3) is 0.429. The van der Waals surface area contributed by atoms with Crippen LogP contribution in [0.3, 0.4) is 0 Å². The van der Waals surface area contributed by atoms with Crippen molar-refractivity contribution >= 4 is 40.2 Å². The summed E-state index contributed by atoms with van der Waals surface area (Å²) in [4.78, 5) is 21.5. The molecule has 0 radical (unpaired) electrons. The molecule has 18 heavy (non-hydrogen) atoms. The minimum absolute atomic E-state index is 0.0124. The van der Waals surface area contributed by atoms with Crippen LogP contribution >= 0.6 is 23.1 Å². The number of thioether (sulfide) groups is 1. The SMILES string of the molecule is CCSc1nnc(NC(=O)NC(=O)C(F)(F)F)s1. The fourth-order valence-corrected chi connectivity index (χ4v) is 2.39. The van der Waals surface area contributed by atoms with E-state index in [-0.39, 0.29) is 5.13 Å². The topological polar surface area (TPSA) is 84.0 Å². The Balaban J connectivity index is 2.51. The molecule has 6 nitrogen and oxygen atoms in total. The first-order chi connectivity index (χ1) is 8.32. The van der Waals surface area contributed by atoms with E-state index in [9.17, 15) is 22.8 Å². The highest BCUT2D eigenvalue weighted by Crippen LogP contribution is 2.24. The Bertz CT molecular complexity index is 448. The molecule has 1 heterocycles. The highest BCUT2D eigenvalue weighted by atomic mass is 32.2. The number of aromatic nitrogens is 2. The normalized spacial score (nSPS) is 11.1. The first kappa shape index (κ1) is 14.7. The number of imide groups is 1.